The van der Waals surface area contributed by atoms with E-state index in [-0.39, 0.29) is 11.3 Å². The van der Waals surface area contributed by atoms with E-state index < -0.39 is 21.7 Å². The van der Waals surface area contributed by atoms with Crippen LogP contribution in [0, 0.1) is 0 Å². The van der Waals surface area contributed by atoms with Crippen LogP contribution in [0.4, 0.5) is 18.9 Å². The number of para-hydroxylation sites is 1. The number of sulfone groups is 1. The first-order chi connectivity index (χ1) is 13.1. The van der Waals surface area contributed by atoms with E-state index in [0.717, 1.165) is 11.6 Å². The van der Waals surface area contributed by atoms with Crippen LogP contribution in [0.5, 0.6) is 0 Å². The zero-order valence-corrected chi connectivity index (χ0v) is 15.9. The Balaban J connectivity index is 1.73. The van der Waals surface area contributed by atoms with E-state index in [4.69, 9.17) is 0 Å². The Hall–Kier alpha value is -2.61. The number of fused-ring (bicyclic) bond motifs is 1. The lowest BCUT2D eigenvalue weighted by atomic mass is 10.1. The zero-order valence-electron chi connectivity index (χ0n) is 15.1. The molecule has 0 fully saturated rings. The predicted octanol–water partition coefficient (Wildman–Crippen LogP) is 4.45. The van der Waals surface area contributed by atoms with E-state index in [1.807, 2.05) is 12.1 Å². The fourth-order valence-corrected chi connectivity index (χ4v) is 3.71. The van der Waals surface area contributed by atoms with E-state index in [1.165, 1.54) is 6.26 Å². The lowest BCUT2D eigenvalue weighted by molar-refractivity contribution is -0.140. The summed E-state index contributed by atoms with van der Waals surface area (Å²) in [6.07, 6.45) is -2.76. The number of rotatable bonds is 6. The van der Waals surface area contributed by atoms with Gasteiger partial charge in [-0.3, -0.25) is 0 Å². The summed E-state index contributed by atoms with van der Waals surface area (Å²) in [4.78, 5) is 3.70. The fourth-order valence-electron chi connectivity index (χ4n) is 2.91. The minimum atomic E-state index is -4.52. The maximum absolute atomic E-state index is 13.1. The topological polar surface area (TPSA) is 59.1 Å². The molecule has 2 aromatic carbocycles. The summed E-state index contributed by atoms with van der Waals surface area (Å²) in [5.41, 5.74) is 1.39. The third kappa shape index (κ3) is 5.22. The lowest BCUT2D eigenvalue weighted by Crippen LogP contribution is -2.11. The molecule has 4 nitrogen and oxygen atoms in total. The van der Waals surface area contributed by atoms with Crippen LogP contribution in [-0.4, -0.2) is 26.2 Å². The van der Waals surface area contributed by atoms with Gasteiger partial charge in [0.15, 0.2) is 9.84 Å². The summed E-state index contributed by atoms with van der Waals surface area (Å²) in [6.45, 7) is 0.427. The summed E-state index contributed by atoms with van der Waals surface area (Å²) >= 11 is 0. The molecule has 0 amide bonds. The van der Waals surface area contributed by atoms with Gasteiger partial charge in [0, 0.05) is 23.9 Å². The second kappa shape index (κ2) is 7.79. The molecule has 0 aliphatic rings. The summed E-state index contributed by atoms with van der Waals surface area (Å²) < 4.78 is 62.0. The van der Waals surface area contributed by atoms with Crippen LogP contribution < -0.4 is 5.32 Å². The Morgan fingerprint density at radius 3 is 2.29 bits per heavy atom. The number of nitrogens with one attached hydrogen (secondary N) is 1. The van der Waals surface area contributed by atoms with Gasteiger partial charge in [-0.2, -0.15) is 13.2 Å². The SMILES string of the molecule is CS(=O)(=O)Cc1ccc(CCNc2cc(C(F)(F)F)nc3ccccc23)cc1. The van der Waals surface area contributed by atoms with E-state index in [0.29, 0.717) is 29.6 Å². The first kappa shape index (κ1) is 20.1. The molecule has 3 rings (SSSR count). The molecule has 1 heterocycles. The molecule has 3 aromatic rings. The maximum Gasteiger partial charge on any atom is 0.433 e. The molecule has 0 aliphatic carbocycles. The standard InChI is InChI=1S/C20H19F3N2O2S/c1-28(26,27)13-15-8-6-14(7-9-15)10-11-24-18-12-19(20(21,22)23)25-17-5-3-2-4-16(17)18/h2-9,12H,10-11,13H2,1H3,(H,24,25). The van der Waals surface area contributed by atoms with Gasteiger partial charge in [-0.1, -0.05) is 42.5 Å². The fraction of sp³-hybridized carbons (Fsp3) is 0.250. The van der Waals surface area contributed by atoms with Crippen molar-refractivity contribution in [2.24, 2.45) is 0 Å². The van der Waals surface area contributed by atoms with Crippen LogP contribution in [0.15, 0.2) is 54.6 Å². The molecule has 0 unspecified atom stereocenters. The van der Waals surface area contributed by atoms with Gasteiger partial charge in [0.25, 0.3) is 0 Å². The van der Waals surface area contributed by atoms with Crippen molar-refractivity contribution in [2.45, 2.75) is 18.3 Å². The van der Waals surface area contributed by atoms with Crippen LogP contribution in [0.3, 0.4) is 0 Å². The van der Waals surface area contributed by atoms with E-state index in [1.54, 1.807) is 36.4 Å². The van der Waals surface area contributed by atoms with Gasteiger partial charge in [-0.25, -0.2) is 13.4 Å². The molecule has 1 N–H and O–H groups in total. The second-order valence-corrected chi connectivity index (χ2v) is 8.77. The summed E-state index contributed by atoms with van der Waals surface area (Å²) in [5, 5.41) is 3.69. The van der Waals surface area contributed by atoms with Gasteiger partial charge in [0.05, 0.1) is 11.3 Å². The van der Waals surface area contributed by atoms with Crippen LogP contribution in [0.2, 0.25) is 0 Å². The number of nitrogens with zero attached hydrogens (tertiary/aromatic N) is 1. The Bertz CT molecular complexity index is 1080. The number of halogens is 3. The van der Waals surface area contributed by atoms with Gasteiger partial charge in [0.1, 0.15) is 5.69 Å². The molecule has 0 spiro atoms. The molecule has 8 heteroatoms. The Kier molecular flexibility index (Phi) is 5.60. The molecule has 0 aliphatic heterocycles. The number of alkyl halides is 3. The molecule has 1 aromatic heterocycles. The van der Waals surface area contributed by atoms with E-state index >= 15 is 0 Å². The van der Waals surface area contributed by atoms with Crippen molar-refractivity contribution in [1.29, 1.82) is 0 Å². The Morgan fingerprint density at radius 2 is 1.64 bits per heavy atom. The average molecular weight is 408 g/mol. The first-order valence-electron chi connectivity index (χ1n) is 8.58. The Morgan fingerprint density at radius 1 is 1.00 bits per heavy atom. The zero-order chi connectivity index (χ0) is 20.4. The quantitative estimate of drug-likeness (QED) is 0.655. The smallest absolute Gasteiger partial charge is 0.384 e. The number of pyridine rings is 1. The molecule has 28 heavy (non-hydrogen) atoms. The van der Waals surface area contributed by atoms with Crippen molar-refractivity contribution in [3.05, 3.63) is 71.4 Å². The summed E-state index contributed by atoms with van der Waals surface area (Å²) in [7, 11) is -3.09. The first-order valence-corrected chi connectivity index (χ1v) is 10.6. The third-order valence-corrected chi connectivity index (χ3v) is 5.05. The van der Waals surface area contributed by atoms with Gasteiger partial charge in [-0.05, 0) is 29.7 Å². The van der Waals surface area contributed by atoms with Gasteiger partial charge < -0.3 is 5.32 Å². The molecule has 148 valence electrons. The minimum Gasteiger partial charge on any atom is -0.384 e. The predicted molar refractivity (Wildman–Crippen MR) is 104 cm³/mol. The molecule has 0 saturated heterocycles. The van der Waals surface area contributed by atoms with Crippen molar-refractivity contribution in [1.82, 2.24) is 4.98 Å². The van der Waals surface area contributed by atoms with E-state index in [9.17, 15) is 21.6 Å². The number of anilines is 1. The van der Waals surface area contributed by atoms with Crippen LogP contribution >= 0.6 is 0 Å². The van der Waals surface area contributed by atoms with Crippen molar-refractivity contribution in [3.8, 4) is 0 Å². The molecule has 0 saturated carbocycles. The number of aromatic nitrogens is 1. The minimum absolute atomic E-state index is 0.0191. The second-order valence-electron chi connectivity index (χ2n) is 6.63. The molecular weight excluding hydrogens is 389 g/mol. The molecular formula is C20H19F3N2O2S. The monoisotopic (exact) mass is 408 g/mol. The van der Waals surface area contributed by atoms with Crippen molar-refractivity contribution in [3.63, 3.8) is 0 Å². The van der Waals surface area contributed by atoms with Crippen LogP contribution in [-0.2, 0) is 28.2 Å². The highest BCUT2D eigenvalue weighted by molar-refractivity contribution is 7.89. The van der Waals surface area contributed by atoms with E-state index in [2.05, 4.69) is 10.3 Å². The number of benzene rings is 2. The maximum atomic E-state index is 13.1. The lowest BCUT2D eigenvalue weighted by Gasteiger charge is -2.13. The van der Waals surface area contributed by atoms with Crippen molar-refractivity contribution in [2.75, 3.05) is 18.1 Å². The van der Waals surface area contributed by atoms with Gasteiger partial charge >= 0.3 is 6.18 Å². The van der Waals surface area contributed by atoms with Gasteiger partial charge in [0.2, 0.25) is 0 Å². The molecule has 0 radical (unpaired) electrons. The third-order valence-electron chi connectivity index (χ3n) is 4.19. The van der Waals surface area contributed by atoms with Crippen LogP contribution in [0.1, 0.15) is 16.8 Å². The highest BCUT2D eigenvalue weighted by atomic mass is 32.2. The van der Waals surface area contributed by atoms with Gasteiger partial charge in [-0.15, -0.1) is 0 Å². The molecule has 0 bridgehead atoms. The summed E-state index contributed by atoms with van der Waals surface area (Å²) in [6, 6.07) is 14.9. The number of hydrogen-bond acceptors (Lipinski definition) is 4. The average Bonchev–Trinajstić information content (AvgIpc) is 2.61. The molecule has 0 atom stereocenters. The normalized spacial score (nSPS) is 12.3. The Labute approximate surface area is 161 Å². The highest BCUT2D eigenvalue weighted by Crippen LogP contribution is 2.32. The highest BCUT2D eigenvalue weighted by Gasteiger charge is 2.33. The largest absolute Gasteiger partial charge is 0.433 e. The van der Waals surface area contributed by atoms with Crippen LogP contribution in [0.25, 0.3) is 10.9 Å². The summed E-state index contributed by atoms with van der Waals surface area (Å²) in [5.74, 6) is -0.0191. The van der Waals surface area contributed by atoms with Crippen molar-refractivity contribution < 1.29 is 21.6 Å². The van der Waals surface area contributed by atoms with Crippen molar-refractivity contribution >= 4 is 26.4 Å². The number of hydrogen-bond donors (Lipinski definition) is 1.